The SMILES string of the molecule is C=C1/C(=C\C=C2/CCC[C@]3(C)[C@@H]([C@H](C)COCC(C)=NO)CC[C@@H]23)C[C@@H](O)C[C@@H]1O.C=C1/C(=C\C=C2/CCC[C@]3(C)[C@@H]([C@H](C)COCC(C)=O)CC[C@@H]23)C[C@@H](O)C[C@@H]1O.C=C1/C(=C\C=C2/CCC[C@]3(C)[C@@H]([C@H](C)COCc4ccco4)CC[C@@H]23)C[C@@H](O)C[C@@H]1O.C=CCON=C(C)COC[C@@H](C)[C@H]1CC[C@H]2/C(=C/C=C3/C[C@@H](O)C[C@H](O)C3=C)CCC[C@]12C.CC.CC.CC. The maximum absolute atomic E-state index is 11.2. The first-order valence-electron chi connectivity index (χ1n) is 50.2. The zero-order chi connectivity index (χ0) is 95.1. The minimum atomic E-state index is -0.633. The Morgan fingerprint density at radius 2 is 0.729 bits per heavy atom. The molecule has 12 saturated carbocycles. The van der Waals surface area contributed by atoms with E-state index in [2.05, 4.69) is 147 Å². The number of hydrogen-bond acceptors (Lipinski definition) is 18. The van der Waals surface area contributed by atoms with E-state index in [4.69, 9.17) is 33.4 Å². The fourth-order valence-electron chi connectivity index (χ4n) is 25.4. The molecular weight excluding hydrogens is 1620 g/mol. The minimum absolute atomic E-state index is 0.0863. The van der Waals surface area contributed by atoms with E-state index < -0.39 is 48.8 Å². The van der Waals surface area contributed by atoms with Crippen molar-refractivity contribution in [2.75, 3.05) is 52.9 Å². The quantitative estimate of drug-likeness (QED) is 0.0130. The Balaban J connectivity index is 0.000000231. The van der Waals surface area contributed by atoms with Gasteiger partial charge in [0.1, 0.15) is 25.6 Å². The smallest absolute Gasteiger partial charge is 0.155 e. The third-order valence-corrected chi connectivity index (χ3v) is 31.8. The molecule has 1 aromatic heterocycles. The molecule has 0 radical (unpaired) electrons. The normalized spacial score (nSPS) is 36.2. The van der Waals surface area contributed by atoms with Gasteiger partial charge in [0.25, 0.3) is 0 Å². The van der Waals surface area contributed by atoms with Crippen LogP contribution in [0.4, 0.5) is 0 Å². The Morgan fingerprint density at radius 3 is 1.00 bits per heavy atom. The maximum atomic E-state index is 11.2. The molecule has 18 nitrogen and oxygen atoms in total. The van der Waals surface area contributed by atoms with E-state index in [9.17, 15) is 45.6 Å². The van der Waals surface area contributed by atoms with Gasteiger partial charge < -0.3 is 74.3 Å². The fraction of sp³-hybridized carbons (Fsp3) is 0.703. The van der Waals surface area contributed by atoms with Crippen LogP contribution in [0.3, 0.4) is 0 Å². The molecular formula is C111H176N2O16. The monoisotopic (exact) mass is 1790 g/mol. The highest BCUT2D eigenvalue weighted by atomic mass is 16.6. The zero-order valence-corrected chi connectivity index (χ0v) is 83.0. The summed E-state index contributed by atoms with van der Waals surface area (Å²) in [6.07, 6.45) is 44.6. The summed E-state index contributed by atoms with van der Waals surface area (Å²) in [4.78, 5) is 16.3. The van der Waals surface area contributed by atoms with Gasteiger partial charge in [-0.25, -0.2) is 0 Å². The number of ketones is 1. The first-order valence-corrected chi connectivity index (χ1v) is 50.2. The van der Waals surface area contributed by atoms with Gasteiger partial charge in [-0.2, -0.15) is 0 Å². The number of ether oxygens (including phenoxy) is 4. The number of carbonyl (C=O) groups excluding carboxylic acids is 1. The maximum Gasteiger partial charge on any atom is 0.155 e. The molecule has 12 aliphatic rings. The number of aliphatic hydroxyl groups excluding tert-OH is 8. The van der Waals surface area contributed by atoms with Gasteiger partial charge in [-0.3, -0.25) is 4.79 Å². The second kappa shape index (κ2) is 53.4. The molecule has 0 aliphatic heterocycles. The number of hydrogen-bond donors (Lipinski definition) is 9. The van der Waals surface area contributed by atoms with Gasteiger partial charge in [-0.05, 0) is 324 Å². The largest absolute Gasteiger partial charge is 0.467 e. The number of allylic oxidation sites excluding steroid dienone is 12. The van der Waals surface area contributed by atoms with E-state index >= 15 is 0 Å². The summed E-state index contributed by atoms with van der Waals surface area (Å²) in [5, 5.41) is 96.6. The molecule has 726 valence electrons. The first kappa shape index (κ1) is 110. The molecule has 13 rings (SSSR count). The van der Waals surface area contributed by atoms with Crippen LogP contribution >= 0.6 is 0 Å². The number of rotatable bonds is 27. The molecule has 0 amide bonds. The number of furan rings is 1. The molecule has 129 heavy (non-hydrogen) atoms. The lowest BCUT2D eigenvalue weighted by Gasteiger charge is -2.44. The van der Waals surface area contributed by atoms with Crippen LogP contribution in [0.15, 0.2) is 188 Å². The summed E-state index contributed by atoms with van der Waals surface area (Å²) in [6, 6.07) is 3.86. The molecule has 18 heteroatoms. The molecule has 9 N–H and O–H groups in total. The van der Waals surface area contributed by atoms with Crippen molar-refractivity contribution in [3.05, 3.63) is 179 Å². The standard InChI is InChI=1S/C28H43NO4.C27H38O4.C25H39NO4.C25H38O4.3C2H6/c1-6-14-33-29-20(3)18-32-17-19(2)25-11-12-26-22(8-7-13-28(25,26)5)9-10-23-15-24(30)16-27(31)21(23)4;1-18(16-30-17-23-7-5-13-31-23)24-10-11-25-20(6-4-12-27(24,25)3)8-9-21-14-22(28)15-26(29)19(21)2;1-16(14-30-15-17(2)26-29)22-9-10-23-19(6-5-11-25(22,23)4)7-8-20-12-21(27)13-24(28)18(20)3;1-16(14-29-15-17(2)26)22-9-10-23-19(6-5-11-25(22,23)4)7-8-20-12-21(27)13-24(28)18(20)3;3*1-2/h6,9-10,19,24-27,30-31H,1,4,7-8,11-18H2,2-3,5H3;5,7-9,13,18,22,24-26,28-29H,2,4,6,10-12,14-17H2,1,3H3;7-8,16,21-24,27-29H,3,5-6,9-15H2,1-2,4H3;7-8,16,21-24,27-28H,3,5-6,9-15H2,1-2,4H3;3*1-2H3/b22-9+,23-10-,29-20?;20-8+,21-9-;19-7+,20-8-,26-17?;19-7+,20-8-;;;/t19-,24-,25-,26+,27+,28-;18-,22-,24-,25+,26+,27-;2*16-,21-,22-,23+,24+,25-;;;/m1111.../s1. The van der Waals surface area contributed by atoms with E-state index in [1.54, 1.807) is 26.2 Å². The number of fused-ring (bicyclic) bond motifs is 4. The van der Waals surface area contributed by atoms with Crippen molar-refractivity contribution >= 4 is 17.2 Å². The van der Waals surface area contributed by atoms with Gasteiger partial charge in [-0.1, -0.05) is 217 Å². The highest BCUT2D eigenvalue weighted by Crippen LogP contribution is 2.64. The van der Waals surface area contributed by atoms with Crippen molar-refractivity contribution in [3.63, 3.8) is 0 Å². The van der Waals surface area contributed by atoms with Gasteiger partial charge in [0.2, 0.25) is 0 Å². The van der Waals surface area contributed by atoms with Crippen molar-refractivity contribution in [2.24, 2.45) is 103 Å². The molecule has 24 atom stereocenters. The molecule has 0 saturated heterocycles. The number of nitrogens with zero attached hydrogens (tertiary/aromatic N) is 2. The summed E-state index contributed by atoms with van der Waals surface area (Å²) in [7, 11) is 0. The zero-order valence-electron chi connectivity index (χ0n) is 83.0. The van der Waals surface area contributed by atoms with Crippen molar-refractivity contribution in [1.82, 2.24) is 0 Å². The Hall–Kier alpha value is -5.97. The molecule has 0 aromatic carbocycles. The number of carbonyl (C=O) groups is 1. The second-order valence-corrected chi connectivity index (χ2v) is 40.7. The van der Waals surface area contributed by atoms with Crippen LogP contribution in [0.25, 0.3) is 0 Å². The third-order valence-electron chi connectivity index (χ3n) is 31.8. The van der Waals surface area contributed by atoms with Crippen LogP contribution in [-0.4, -0.2) is 165 Å². The van der Waals surface area contributed by atoms with Crippen molar-refractivity contribution in [2.45, 2.75) is 353 Å². The van der Waals surface area contributed by atoms with E-state index in [-0.39, 0.29) is 23.2 Å². The van der Waals surface area contributed by atoms with Crippen LogP contribution in [-0.2, 0) is 35.2 Å². The lowest BCUT2D eigenvalue weighted by Crippen LogP contribution is -2.37. The molecule has 1 aromatic rings. The molecule has 12 aliphatic carbocycles. The van der Waals surface area contributed by atoms with Gasteiger partial charge in [0, 0.05) is 38.9 Å². The van der Waals surface area contributed by atoms with Crippen LogP contribution in [0.5, 0.6) is 0 Å². The van der Waals surface area contributed by atoms with E-state index in [1.807, 2.05) is 60.6 Å². The Labute approximate surface area is 779 Å². The molecule has 12 fully saturated rings. The van der Waals surface area contributed by atoms with Crippen molar-refractivity contribution in [3.8, 4) is 0 Å². The number of Topliss-reactive ketones (excluding diaryl/α,β-unsaturated/α-hetero) is 1. The molecule has 0 unspecified atom stereocenters. The van der Waals surface area contributed by atoms with Crippen LogP contribution in [0, 0.1) is 92.7 Å². The van der Waals surface area contributed by atoms with Gasteiger partial charge >= 0.3 is 0 Å². The Bertz CT molecular complexity index is 4060. The van der Waals surface area contributed by atoms with Gasteiger partial charge in [0.15, 0.2) is 5.78 Å². The first-order chi connectivity index (χ1) is 61.6. The van der Waals surface area contributed by atoms with Crippen LogP contribution in [0.2, 0.25) is 0 Å². The van der Waals surface area contributed by atoms with E-state index in [0.29, 0.717) is 179 Å². The summed E-state index contributed by atoms with van der Waals surface area (Å²) in [5.41, 5.74) is 15.7. The van der Waals surface area contributed by atoms with Crippen molar-refractivity contribution in [1.29, 1.82) is 0 Å². The van der Waals surface area contributed by atoms with Crippen LogP contribution in [0.1, 0.15) is 303 Å². The van der Waals surface area contributed by atoms with Gasteiger partial charge in [-0.15, -0.1) is 0 Å². The summed E-state index contributed by atoms with van der Waals surface area (Å²) in [6.45, 7) is 61.1. The third kappa shape index (κ3) is 29.5. The summed E-state index contributed by atoms with van der Waals surface area (Å²) < 4.78 is 28.8. The minimum Gasteiger partial charge on any atom is -0.467 e. The molecule has 0 bridgehead atoms. The Kier molecular flexibility index (Phi) is 45.5. The number of aliphatic hydroxyl groups is 8. The summed E-state index contributed by atoms with van der Waals surface area (Å²) >= 11 is 0. The van der Waals surface area contributed by atoms with Crippen molar-refractivity contribution < 1.29 is 79.1 Å². The van der Waals surface area contributed by atoms with Crippen LogP contribution < -0.4 is 0 Å². The predicted molar refractivity (Wildman–Crippen MR) is 525 cm³/mol. The van der Waals surface area contributed by atoms with E-state index in [0.717, 1.165) is 95.0 Å². The van der Waals surface area contributed by atoms with Gasteiger partial charge in [0.05, 0.1) is 92.9 Å². The predicted octanol–water partition coefficient (Wildman–Crippen LogP) is 23.0. The topological polar surface area (TPSA) is 283 Å². The number of oxime groups is 2. The van der Waals surface area contributed by atoms with E-state index in [1.165, 1.54) is 125 Å². The lowest BCUT2D eigenvalue weighted by atomic mass is 9.61. The average molecular weight is 1790 g/mol. The Morgan fingerprint density at radius 1 is 0.442 bits per heavy atom. The lowest BCUT2D eigenvalue weighted by molar-refractivity contribution is -0.122. The highest BCUT2D eigenvalue weighted by molar-refractivity contribution is 5.82. The molecule has 0 spiro atoms. The second-order valence-electron chi connectivity index (χ2n) is 40.7. The highest BCUT2D eigenvalue weighted by Gasteiger charge is 2.55. The average Bonchev–Trinajstić information content (AvgIpc) is 1.64. The fourth-order valence-corrected chi connectivity index (χ4v) is 25.4. The molecule has 1 heterocycles. The summed E-state index contributed by atoms with van der Waals surface area (Å²) in [5.74, 6) is 7.82.